The van der Waals surface area contributed by atoms with Gasteiger partial charge in [0, 0.05) is 21.6 Å². The monoisotopic (exact) mass is 704 g/mol. The molecule has 0 saturated heterocycles. The van der Waals surface area contributed by atoms with Crippen LogP contribution in [0.4, 0.5) is 0 Å². The molecule has 4 unspecified atom stereocenters. The third-order valence-corrected chi connectivity index (χ3v) is 14.0. The van der Waals surface area contributed by atoms with Crippen molar-refractivity contribution in [2.45, 2.75) is 85.0 Å². The van der Waals surface area contributed by atoms with Crippen LogP contribution in [0.5, 0.6) is 0 Å². The number of aliphatic imine (C=N–C) groups is 2. The standard InChI is InChI=1S/C31H50N2O8P2S2/c1-9-36-30-27(22(7)8)32-31(37-10-2)28(33-30)26(25-18-16-20-45-25)29(43(35,40-13-5)41-14-6)23(24-17-15-19-44-24)21-42(34,38-11-3)39-12-4/h15-20,22-23,26-29H,9-14,21H2,1-8H3/t23?,26?,27-,28?,29?/m0/s1. The summed E-state index contributed by atoms with van der Waals surface area (Å²) in [6.07, 6.45) is -0.0314. The second-order valence-corrected chi connectivity index (χ2v) is 16.8. The van der Waals surface area contributed by atoms with Crippen molar-refractivity contribution < 1.29 is 36.7 Å². The Morgan fingerprint density at radius 2 is 1.20 bits per heavy atom. The van der Waals surface area contributed by atoms with Gasteiger partial charge in [-0.25, -0.2) is 9.98 Å². The number of hydrogen-bond acceptors (Lipinski definition) is 12. The van der Waals surface area contributed by atoms with E-state index in [-0.39, 0.29) is 44.5 Å². The average molecular weight is 705 g/mol. The molecule has 2 aromatic rings. The lowest BCUT2D eigenvalue weighted by atomic mass is 9.85. The van der Waals surface area contributed by atoms with E-state index < -0.39 is 38.7 Å². The summed E-state index contributed by atoms with van der Waals surface area (Å²) in [6.45, 7) is 16.6. The van der Waals surface area contributed by atoms with Gasteiger partial charge in [-0.05, 0) is 70.4 Å². The van der Waals surface area contributed by atoms with E-state index in [2.05, 4.69) is 13.8 Å². The van der Waals surface area contributed by atoms with Crippen LogP contribution in [0, 0.1) is 5.92 Å². The molecule has 0 saturated carbocycles. The van der Waals surface area contributed by atoms with Crippen LogP contribution in [0.25, 0.3) is 0 Å². The van der Waals surface area contributed by atoms with Crippen LogP contribution in [0.2, 0.25) is 0 Å². The molecule has 14 heteroatoms. The van der Waals surface area contributed by atoms with Gasteiger partial charge in [-0.15, -0.1) is 22.7 Å². The fraction of sp³-hybridized carbons (Fsp3) is 0.677. The van der Waals surface area contributed by atoms with Crippen LogP contribution in [0.15, 0.2) is 45.0 Å². The number of ether oxygens (including phenoxy) is 2. The molecule has 0 aliphatic carbocycles. The van der Waals surface area contributed by atoms with E-state index in [4.69, 9.17) is 37.6 Å². The van der Waals surface area contributed by atoms with Gasteiger partial charge in [0.15, 0.2) is 0 Å². The summed E-state index contributed by atoms with van der Waals surface area (Å²) in [5.41, 5.74) is -0.873. The maximum Gasteiger partial charge on any atom is 0.335 e. The summed E-state index contributed by atoms with van der Waals surface area (Å²) in [6, 6.07) is 6.77. The first-order valence-corrected chi connectivity index (χ1v) is 21.0. The van der Waals surface area contributed by atoms with Crippen molar-refractivity contribution in [3.8, 4) is 0 Å². The molecule has 0 aromatic carbocycles. The van der Waals surface area contributed by atoms with Crippen molar-refractivity contribution in [3.63, 3.8) is 0 Å². The highest BCUT2D eigenvalue weighted by Crippen LogP contribution is 2.66. The average Bonchev–Trinajstić information content (AvgIpc) is 3.72. The molecule has 0 fully saturated rings. The highest BCUT2D eigenvalue weighted by atomic mass is 32.1. The molecule has 10 nitrogen and oxygen atoms in total. The molecule has 1 aliphatic heterocycles. The molecule has 2 aromatic heterocycles. The van der Waals surface area contributed by atoms with E-state index >= 15 is 4.57 Å². The van der Waals surface area contributed by atoms with Gasteiger partial charge < -0.3 is 27.6 Å². The zero-order chi connectivity index (χ0) is 33.0. The van der Waals surface area contributed by atoms with E-state index in [0.29, 0.717) is 25.0 Å². The van der Waals surface area contributed by atoms with Crippen LogP contribution in [0.3, 0.4) is 0 Å². The highest BCUT2D eigenvalue weighted by molar-refractivity contribution is 7.55. The molecule has 3 heterocycles. The third-order valence-electron chi connectivity index (χ3n) is 7.21. The lowest BCUT2D eigenvalue weighted by Crippen LogP contribution is -2.45. The predicted octanol–water partition coefficient (Wildman–Crippen LogP) is 8.85. The van der Waals surface area contributed by atoms with Gasteiger partial charge in [-0.2, -0.15) is 0 Å². The topological polar surface area (TPSA) is 114 Å². The second kappa shape index (κ2) is 18.3. The Morgan fingerprint density at radius 3 is 1.64 bits per heavy atom. The summed E-state index contributed by atoms with van der Waals surface area (Å²) < 4.78 is 65.9. The Morgan fingerprint density at radius 1 is 0.711 bits per heavy atom. The minimum atomic E-state index is -3.97. The Bertz CT molecular complexity index is 1280. The summed E-state index contributed by atoms with van der Waals surface area (Å²) in [5, 5.41) is 3.92. The van der Waals surface area contributed by atoms with Gasteiger partial charge in [-0.3, -0.25) is 9.13 Å². The molecule has 0 radical (unpaired) electrons. The van der Waals surface area contributed by atoms with Crippen molar-refractivity contribution in [2.24, 2.45) is 15.9 Å². The minimum Gasteiger partial charge on any atom is -0.480 e. The van der Waals surface area contributed by atoms with Gasteiger partial charge in [0.25, 0.3) is 0 Å². The quantitative estimate of drug-likeness (QED) is 0.133. The zero-order valence-corrected chi connectivity index (χ0v) is 31.2. The molecule has 0 amide bonds. The van der Waals surface area contributed by atoms with Crippen LogP contribution >= 0.6 is 37.9 Å². The molecule has 5 atom stereocenters. The Balaban J connectivity index is 2.40. The molecule has 0 spiro atoms. The SMILES string of the molecule is CCOC1=N[C@@H](C(C)C)C(OCC)=NC1C(c1cccs1)C(C(CP(=O)(OCC)OCC)c1cccs1)P(=O)(OCC)OCC. The maximum absolute atomic E-state index is 15.3. The minimum absolute atomic E-state index is 0.0314. The first kappa shape index (κ1) is 38.1. The van der Waals surface area contributed by atoms with Gasteiger partial charge in [0.05, 0.1) is 51.5 Å². The fourth-order valence-electron chi connectivity index (χ4n) is 5.62. The Hall–Kier alpha value is -1.36. The molecular weight excluding hydrogens is 654 g/mol. The van der Waals surface area contributed by atoms with Crippen LogP contribution in [-0.4, -0.2) is 75.3 Å². The first-order valence-electron chi connectivity index (χ1n) is 15.9. The van der Waals surface area contributed by atoms with Crippen molar-refractivity contribution >= 4 is 49.7 Å². The van der Waals surface area contributed by atoms with Crippen LogP contribution < -0.4 is 0 Å². The maximum atomic E-state index is 15.3. The lowest BCUT2D eigenvalue weighted by molar-refractivity contribution is 0.198. The fourth-order valence-corrected chi connectivity index (χ4v) is 12.4. The summed E-state index contributed by atoms with van der Waals surface area (Å²) in [5.74, 6) is -0.202. The number of hydrogen-bond donors (Lipinski definition) is 0. The van der Waals surface area contributed by atoms with Crippen molar-refractivity contribution in [1.82, 2.24) is 0 Å². The summed E-state index contributed by atoms with van der Waals surface area (Å²) in [4.78, 5) is 12.0. The smallest absolute Gasteiger partial charge is 0.335 e. The van der Waals surface area contributed by atoms with Crippen LogP contribution in [-0.2, 0) is 36.7 Å². The van der Waals surface area contributed by atoms with Crippen molar-refractivity contribution in [1.29, 1.82) is 0 Å². The van der Waals surface area contributed by atoms with Crippen molar-refractivity contribution in [3.05, 3.63) is 44.8 Å². The number of rotatable bonds is 19. The van der Waals surface area contributed by atoms with Gasteiger partial charge in [0.1, 0.15) is 12.1 Å². The molecule has 45 heavy (non-hydrogen) atoms. The summed E-state index contributed by atoms with van der Waals surface area (Å²) in [7, 11) is -7.62. The molecule has 0 N–H and O–H groups in total. The largest absolute Gasteiger partial charge is 0.480 e. The van der Waals surface area contributed by atoms with Gasteiger partial charge in [0.2, 0.25) is 11.8 Å². The Labute approximate surface area is 277 Å². The van der Waals surface area contributed by atoms with E-state index in [1.807, 2.05) is 48.9 Å². The zero-order valence-electron chi connectivity index (χ0n) is 27.7. The van der Waals surface area contributed by atoms with Crippen molar-refractivity contribution in [2.75, 3.05) is 45.8 Å². The number of thiophene rings is 2. The number of nitrogens with zero attached hydrogens (tertiary/aromatic N) is 2. The normalized spacial score (nSPS) is 19.6. The molecular formula is C31H50N2O8P2S2. The first-order chi connectivity index (χ1) is 21.6. The summed E-state index contributed by atoms with van der Waals surface area (Å²) >= 11 is 3.01. The van der Waals surface area contributed by atoms with Gasteiger partial charge in [-0.1, -0.05) is 26.0 Å². The van der Waals surface area contributed by atoms with E-state index in [0.717, 1.165) is 9.75 Å². The second-order valence-electron chi connectivity index (χ2n) is 10.6. The Kier molecular flexibility index (Phi) is 15.5. The third kappa shape index (κ3) is 9.60. The van der Waals surface area contributed by atoms with E-state index in [1.165, 1.54) is 22.7 Å². The molecule has 1 aliphatic rings. The van der Waals surface area contributed by atoms with E-state index in [1.54, 1.807) is 27.7 Å². The van der Waals surface area contributed by atoms with E-state index in [9.17, 15) is 4.57 Å². The highest BCUT2D eigenvalue weighted by Gasteiger charge is 2.54. The predicted molar refractivity (Wildman–Crippen MR) is 185 cm³/mol. The van der Waals surface area contributed by atoms with Crippen LogP contribution in [0.1, 0.15) is 77.0 Å². The molecule has 0 bridgehead atoms. The molecule has 3 rings (SSSR count). The van der Waals surface area contributed by atoms with Gasteiger partial charge >= 0.3 is 15.2 Å². The lowest BCUT2D eigenvalue weighted by Gasteiger charge is -2.41. The molecule has 254 valence electrons.